The smallest absolute Gasteiger partial charge is 0.338 e. The summed E-state index contributed by atoms with van der Waals surface area (Å²) in [5.41, 5.74) is 1.69. The molecule has 182 valence electrons. The summed E-state index contributed by atoms with van der Waals surface area (Å²) in [6.07, 6.45) is 4.15. The number of carbonyl (C=O) groups excluding carboxylic acids is 1. The summed E-state index contributed by atoms with van der Waals surface area (Å²) in [4.78, 5) is 27.5. The van der Waals surface area contributed by atoms with Crippen molar-refractivity contribution >= 4 is 17.5 Å². The first-order valence-corrected chi connectivity index (χ1v) is 11.4. The van der Waals surface area contributed by atoms with E-state index in [0.29, 0.717) is 23.7 Å². The second kappa shape index (κ2) is 10.3. The number of rotatable bonds is 11. The predicted molar refractivity (Wildman–Crippen MR) is 126 cm³/mol. The van der Waals surface area contributed by atoms with Gasteiger partial charge in [0.15, 0.2) is 5.78 Å². The molecule has 1 fully saturated rings. The number of benzene rings is 2. The molecule has 4 rings (SSSR count). The third-order valence-corrected chi connectivity index (χ3v) is 6.23. The van der Waals surface area contributed by atoms with Gasteiger partial charge >= 0.3 is 5.97 Å². The van der Waals surface area contributed by atoms with E-state index in [1.54, 1.807) is 13.2 Å². The average Bonchev–Trinajstić information content (AvgIpc) is 3.52. The molecule has 8 nitrogen and oxygen atoms in total. The van der Waals surface area contributed by atoms with E-state index in [4.69, 9.17) is 19.8 Å². The molecule has 0 bridgehead atoms. The summed E-state index contributed by atoms with van der Waals surface area (Å²) >= 11 is 0. The molecule has 1 atom stereocenters. The van der Waals surface area contributed by atoms with Gasteiger partial charge in [0.1, 0.15) is 11.5 Å². The van der Waals surface area contributed by atoms with Crippen molar-refractivity contribution in [1.29, 1.82) is 5.41 Å². The molecule has 1 saturated carbocycles. The highest BCUT2D eigenvalue weighted by Gasteiger charge is 2.29. The van der Waals surface area contributed by atoms with Crippen molar-refractivity contribution < 1.29 is 28.3 Å². The summed E-state index contributed by atoms with van der Waals surface area (Å²) in [7, 11) is 1.66. The zero-order chi connectivity index (χ0) is 25.1. The molecule has 0 spiro atoms. The highest BCUT2D eigenvalue weighted by atomic mass is 19.1. The Morgan fingerprint density at radius 2 is 1.94 bits per heavy atom. The van der Waals surface area contributed by atoms with Crippen LogP contribution in [0.2, 0.25) is 0 Å². The molecule has 2 aromatic carbocycles. The largest absolute Gasteiger partial charge is 0.478 e. The van der Waals surface area contributed by atoms with Crippen LogP contribution < -0.4 is 0 Å². The number of aromatic nitrogens is 2. The van der Waals surface area contributed by atoms with Crippen LogP contribution in [0.15, 0.2) is 40.9 Å². The molecular formula is C26H26FN3O5. The zero-order valence-electron chi connectivity index (χ0n) is 19.5. The third kappa shape index (κ3) is 5.51. The Bertz CT molecular complexity index is 1280. The monoisotopic (exact) mass is 479 g/mol. The molecule has 35 heavy (non-hydrogen) atoms. The molecule has 1 aromatic heterocycles. The van der Waals surface area contributed by atoms with E-state index >= 15 is 0 Å². The fourth-order valence-electron chi connectivity index (χ4n) is 4.15. The van der Waals surface area contributed by atoms with E-state index in [1.165, 1.54) is 25.8 Å². The number of nitrogens with zero attached hydrogens (tertiary/aromatic N) is 2. The molecule has 1 aliphatic rings. The highest BCUT2D eigenvalue weighted by molar-refractivity contribution is 6.44. The number of Topliss-reactive ketones (excluding diaryl/α,β-unsaturated/α-hetero) is 1. The van der Waals surface area contributed by atoms with Crippen molar-refractivity contribution in [2.45, 2.75) is 38.5 Å². The fraction of sp³-hybridized carbons (Fsp3) is 0.346. The van der Waals surface area contributed by atoms with E-state index in [9.17, 15) is 14.0 Å². The van der Waals surface area contributed by atoms with Gasteiger partial charge in [0.2, 0.25) is 5.82 Å². The van der Waals surface area contributed by atoms with Gasteiger partial charge in [0.05, 0.1) is 5.56 Å². The van der Waals surface area contributed by atoms with Gasteiger partial charge in [0.25, 0.3) is 5.89 Å². The molecule has 0 saturated heterocycles. The zero-order valence-corrected chi connectivity index (χ0v) is 19.5. The summed E-state index contributed by atoms with van der Waals surface area (Å²) in [5, 5.41) is 21.3. The number of ether oxygens (including phenoxy) is 1. The van der Waals surface area contributed by atoms with Crippen molar-refractivity contribution in [3.05, 3.63) is 58.9 Å². The third-order valence-electron chi connectivity index (χ3n) is 6.23. The highest BCUT2D eigenvalue weighted by Crippen LogP contribution is 2.41. The minimum Gasteiger partial charge on any atom is -0.478 e. The first-order chi connectivity index (χ1) is 16.8. The van der Waals surface area contributed by atoms with Crippen LogP contribution in [0.25, 0.3) is 22.8 Å². The lowest BCUT2D eigenvalue weighted by molar-refractivity contribution is -0.111. The fourth-order valence-corrected chi connectivity index (χ4v) is 4.15. The molecular weight excluding hydrogens is 453 g/mol. The maximum absolute atomic E-state index is 14.1. The van der Waals surface area contributed by atoms with Crippen LogP contribution in [0.1, 0.15) is 60.0 Å². The Balaban J connectivity index is 1.69. The minimum absolute atomic E-state index is 0.0915. The first kappa shape index (κ1) is 24.4. The number of carboxylic acid groups (broad SMARTS) is 1. The van der Waals surface area contributed by atoms with Crippen LogP contribution in [-0.2, 0) is 9.53 Å². The second-order valence-electron chi connectivity index (χ2n) is 8.81. The molecule has 3 aromatic rings. The number of halogens is 1. The van der Waals surface area contributed by atoms with Gasteiger partial charge in [-0.25, -0.2) is 9.18 Å². The van der Waals surface area contributed by atoms with E-state index in [-0.39, 0.29) is 34.7 Å². The van der Waals surface area contributed by atoms with E-state index in [2.05, 4.69) is 10.1 Å². The first-order valence-electron chi connectivity index (χ1n) is 11.4. The Hall–Kier alpha value is -3.72. The molecule has 0 aliphatic heterocycles. The van der Waals surface area contributed by atoms with Crippen molar-refractivity contribution in [3.8, 4) is 22.8 Å². The number of aromatic carboxylic acids is 1. The molecule has 2 N–H and O–H groups in total. The topological polar surface area (TPSA) is 126 Å². The average molecular weight is 480 g/mol. The standard InChI is InChI=1S/C26H26FN3O5/c1-14(31)23(28)21-12-18(6-7-19(21)16(9-10-34-2)11-15-3-4-15)25-29-24(30-35-25)17-5-8-20(26(32)33)22(27)13-17/h5-8,12-13,15-16,28H,3-4,9-11H2,1-2H3,(H,32,33). The normalized spacial score (nSPS) is 14.0. The van der Waals surface area contributed by atoms with Gasteiger partial charge in [-0.15, -0.1) is 0 Å². The summed E-state index contributed by atoms with van der Waals surface area (Å²) in [6, 6.07) is 9.00. The molecule has 1 heterocycles. The number of carboxylic acids is 1. The lowest BCUT2D eigenvalue weighted by atomic mass is 9.84. The molecule has 1 unspecified atom stereocenters. The SMILES string of the molecule is COCCC(CC1CC1)c1ccc(-c2nc(-c3ccc(C(=O)O)c(F)c3)no2)cc1C(=N)C(C)=O. The van der Waals surface area contributed by atoms with Crippen molar-refractivity contribution in [3.63, 3.8) is 0 Å². The van der Waals surface area contributed by atoms with Gasteiger partial charge in [-0.3, -0.25) is 10.2 Å². The maximum Gasteiger partial charge on any atom is 0.338 e. The van der Waals surface area contributed by atoms with Crippen molar-refractivity contribution in [2.75, 3.05) is 13.7 Å². The molecule has 0 radical (unpaired) electrons. The second-order valence-corrected chi connectivity index (χ2v) is 8.81. The number of hydrogen-bond acceptors (Lipinski definition) is 7. The van der Waals surface area contributed by atoms with Crippen LogP contribution in [-0.4, -0.2) is 46.4 Å². The van der Waals surface area contributed by atoms with Gasteiger partial charge in [0, 0.05) is 37.3 Å². The van der Waals surface area contributed by atoms with E-state index in [0.717, 1.165) is 30.5 Å². The van der Waals surface area contributed by atoms with Crippen LogP contribution in [0.3, 0.4) is 0 Å². The quantitative estimate of drug-likeness (QED) is 0.366. The Morgan fingerprint density at radius 1 is 1.20 bits per heavy atom. The lowest BCUT2D eigenvalue weighted by Crippen LogP contribution is -2.16. The summed E-state index contributed by atoms with van der Waals surface area (Å²) in [6.45, 7) is 1.94. The van der Waals surface area contributed by atoms with Crippen LogP contribution in [0, 0.1) is 17.1 Å². The van der Waals surface area contributed by atoms with Gasteiger partial charge in [-0.2, -0.15) is 4.98 Å². The lowest BCUT2D eigenvalue weighted by Gasteiger charge is -2.21. The van der Waals surface area contributed by atoms with Gasteiger partial charge in [-0.1, -0.05) is 24.1 Å². The van der Waals surface area contributed by atoms with Gasteiger partial charge in [-0.05, 0) is 60.6 Å². The van der Waals surface area contributed by atoms with E-state index < -0.39 is 17.3 Å². The minimum atomic E-state index is -1.37. The van der Waals surface area contributed by atoms with E-state index in [1.807, 2.05) is 12.1 Å². The van der Waals surface area contributed by atoms with Crippen LogP contribution >= 0.6 is 0 Å². The number of hydrogen-bond donors (Lipinski definition) is 2. The summed E-state index contributed by atoms with van der Waals surface area (Å²) < 4.78 is 24.8. The Labute approximate surface area is 201 Å². The van der Waals surface area contributed by atoms with Crippen LogP contribution in [0.5, 0.6) is 0 Å². The number of ketones is 1. The molecule has 1 aliphatic carbocycles. The Kier molecular flexibility index (Phi) is 7.16. The predicted octanol–water partition coefficient (Wildman–Crippen LogP) is 5.12. The number of nitrogens with one attached hydrogen (secondary N) is 1. The Morgan fingerprint density at radius 3 is 2.57 bits per heavy atom. The molecule has 0 amide bonds. The van der Waals surface area contributed by atoms with Crippen molar-refractivity contribution in [1.82, 2.24) is 10.1 Å². The van der Waals surface area contributed by atoms with Crippen molar-refractivity contribution in [2.24, 2.45) is 5.92 Å². The number of methoxy groups -OCH3 is 1. The molecule has 9 heteroatoms. The number of carbonyl (C=O) groups is 2. The maximum atomic E-state index is 14.1. The summed E-state index contributed by atoms with van der Waals surface area (Å²) in [5.74, 6) is -1.57. The van der Waals surface area contributed by atoms with Gasteiger partial charge < -0.3 is 14.4 Å². The van der Waals surface area contributed by atoms with Crippen LogP contribution in [0.4, 0.5) is 4.39 Å².